The third-order valence-corrected chi connectivity index (χ3v) is 2.74. The smallest absolute Gasteiger partial charge is 0.0548 e. The SMILES string of the molecule is Cn1cc(CCC(N)c2ccnn2C)cn1. The van der Waals surface area contributed by atoms with E-state index < -0.39 is 0 Å². The first-order valence-electron chi connectivity index (χ1n) is 5.38. The Morgan fingerprint density at radius 2 is 2.19 bits per heavy atom. The van der Waals surface area contributed by atoms with Crippen LogP contribution in [0.1, 0.15) is 23.7 Å². The van der Waals surface area contributed by atoms with Gasteiger partial charge in [-0.05, 0) is 24.5 Å². The maximum Gasteiger partial charge on any atom is 0.0548 e. The Balaban J connectivity index is 1.93. The predicted molar refractivity (Wildman–Crippen MR) is 61.7 cm³/mol. The summed E-state index contributed by atoms with van der Waals surface area (Å²) in [5.41, 5.74) is 8.40. The summed E-state index contributed by atoms with van der Waals surface area (Å²) in [6.07, 6.45) is 7.54. The Morgan fingerprint density at radius 1 is 1.38 bits per heavy atom. The molecule has 5 nitrogen and oxygen atoms in total. The molecule has 1 unspecified atom stereocenters. The van der Waals surface area contributed by atoms with Crippen LogP contribution in [0, 0.1) is 0 Å². The molecule has 0 spiro atoms. The van der Waals surface area contributed by atoms with Gasteiger partial charge < -0.3 is 5.73 Å². The van der Waals surface area contributed by atoms with Crippen molar-refractivity contribution in [3.8, 4) is 0 Å². The second kappa shape index (κ2) is 4.49. The van der Waals surface area contributed by atoms with Crippen LogP contribution in [0.25, 0.3) is 0 Å². The molecule has 0 aliphatic carbocycles. The highest BCUT2D eigenvalue weighted by molar-refractivity contribution is 5.09. The van der Waals surface area contributed by atoms with Crippen LogP contribution in [0.15, 0.2) is 24.7 Å². The van der Waals surface area contributed by atoms with Crippen LogP contribution in [-0.4, -0.2) is 19.6 Å². The van der Waals surface area contributed by atoms with Crippen LogP contribution in [0.4, 0.5) is 0 Å². The van der Waals surface area contributed by atoms with E-state index in [2.05, 4.69) is 10.2 Å². The third kappa shape index (κ3) is 2.30. The van der Waals surface area contributed by atoms with Crippen molar-refractivity contribution in [2.75, 3.05) is 0 Å². The van der Waals surface area contributed by atoms with Crippen LogP contribution >= 0.6 is 0 Å². The summed E-state index contributed by atoms with van der Waals surface area (Å²) in [4.78, 5) is 0. The Kier molecular flexibility index (Phi) is 3.05. The molecule has 0 saturated heterocycles. The molecule has 2 aromatic heterocycles. The zero-order valence-corrected chi connectivity index (χ0v) is 9.67. The van der Waals surface area contributed by atoms with Crippen LogP contribution < -0.4 is 5.73 Å². The molecule has 0 saturated carbocycles. The van der Waals surface area contributed by atoms with E-state index in [0.29, 0.717) is 0 Å². The normalized spacial score (nSPS) is 12.9. The molecule has 0 amide bonds. The van der Waals surface area contributed by atoms with Crippen LogP contribution in [-0.2, 0) is 20.5 Å². The molecule has 2 N–H and O–H groups in total. The number of aromatic nitrogens is 4. The van der Waals surface area contributed by atoms with Gasteiger partial charge in [-0.3, -0.25) is 9.36 Å². The van der Waals surface area contributed by atoms with Crippen LogP contribution in [0.2, 0.25) is 0 Å². The molecule has 0 fully saturated rings. The lowest BCUT2D eigenvalue weighted by molar-refractivity contribution is 0.581. The average molecular weight is 219 g/mol. The molecule has 0 aliphatic heterocycles. The van der Waals surface area contributed by atoms with Gasteiger partial charge in [0.25, 0.3) is 0 Å². The molecule has 0 bridgehead atoms. The Bertz CT molecular complexity index is 456. The van der Waals surface area contributed by atoms with E-state index >= 15 is 0 Å². The Hall–Kier alpha value is -1.62. The fourth-order valence-corrected chi connectivity index (χ4v) is 1.82. The summed E-state index contributed by atoms with van der Waals surface area (Å²) < 4.78 is 3.64. The van der Waals surface area contributed by atoms with E-state index in [0.717, 1.165) is 18.5 Å². The summed E-state index contributed by atoms with van der Waals surface area (Å²) in [6, 6.07) is 2.00. The summed E-state index contributed by atoms with van der Waals surface area (Å²) in [5, 5.41) is 8.25. The van der Waals surface area contributed by atoms with Crippen molar-refractivity contribution in [2.24, 2.45) is 19.8 Å². The van der Waals surface area contributed by atoms with Crippen molar-refractivity contribution in [1.82, 2.24) is 19.6 Å². The number of nitrogens with two attached hydrogens (primary N) is 1. The quantitative estimate of drug-likeness (QED) is 0.826. The van der Waals surface area contributed by atoms with Gasteiger partial charge in [-0.15, -0.1) is 0 Å². The fraction of sp³-hybridized carbons (Fsp3) is 0.455. The third-order valence-electron chi connectivity index (χ3n) is 2.74. The Morgan fingerprint density at radius 3 is 2.75 bits per heavy atom. The van der Waals surface area contributed by atoms with Gasteiger partial charge >= 0.3 is 0 Å². The molecule has 5 heteroatoms. The van der Waals surface area contributed by atoms with E-state index in [1.807, 2.05) is 41.9 Å². The highest BCUT2D eigenvalue weighted by atomic mass is 15.3. The molecular formula is C11H17N5. The summed E-state index contributed by atoms with van der Waals surface area (Å²) in [7, 11) is 3.84. The predicted octanol–water partition coefficient (Wildman–Crippen LogP) is 0.786. The van der Waals surface area contributed by atoms with E-state index in [9.17, 15) is 0 Å². The van der Waals surface area contributed by atoms with Gasteiger partial charge in [-0.2, -0.15) is 10.2 Å². The number of aryl methyl sites for hydroxylation is 3. The van der Waals surface area contributed by atoms with E-state index in [1.54, 1.807) is 6.20 Å². The maximum absolute atomic E-state index is 6.11. The van der Waals surface area contributed by atoms with Crippen molar-refractivity contribution in [1.29, 1.82) is 0 Å². The number of rotatable bonds is 4. The van der Waals surface area contributed by atoms with Crippen molar-refractivity contribution in [2.45, 2.75) is 18.9 Å². The summed E-state index contributed by atoms with van der Waals surface area (Å²) in [5.74, 6) is 0. The van der Waals surface area contributed by atoms with Crippen molar-refractivity contribution in [3.63, 3.8) is 0 Å². The first-order valence-corrected chi connectivity index (χ1v) is 5.38. The first-order chi connectivity index (χ1) is 7.66. The second-order valence-corrected chi connectivity index (χ2v) is 4.05. The van der Waals surface area contributed by atoms with Crippen molar-refractivity contribution >= 4 is 0 Å². The molecule has 86 valence electrons. The minimum atomic E-state index is 0.0349. The number of hydrogen-bond donors (Lipinski definition) is 1. The lowest BCUT2D eigenvalue weighted by Gasteiger charge is -2.10. The minimum Gasteiger partial charge on any atom is -0.323 e. The molecule has 2 rings (SSSR count). The van der Waals surface area contributed by atoms with Gasteiger partial charge in [0.15, 0.2) is 0 Å². The fourth-order valence-electron chi connectivity index (χ4n) is 1.82. The van der Waals surface area contributed by atoms with Gasteiger partial charge in [0.1, 0.15) is 0 Å². The highest BCUT2D eigenvalue weighted by Crippen LogP contribution is 2.15. The number of hydrogen-bond acceptors (Lipinski definition) is 3. The highest BCUT2D eigenvalue weighted by Gasteiger charge is 2.10. The number of nitrogens with zero attached hydrogens (tertiary/aromatic N) is 4. The lowest BCUT2D eigenvalue weighted by Crippen LogP contribution is -2.15. The zero-order valence-electron chi connectivity index (χ0n) is 9.67. The summed E-state index contributed by atoms with van der Waals surface area (Å²) in [6.45, 7) is 0. The van der Waals surface area contributed by atoms with Gasteiger partial charge in [0, 0.05) is 32.5 Å². The molecule has 16 heavy (non-hydrogen) atoms. The van der Waals surface area contributed by atoms with E-state index in [1.165, 1.54) is 5.56 Å². The second-order valence-electron chi connectivity index (χ2n) is 4.05. The van der Waals surface area contributed by atoms with Gasteiger partial charge in [-0.25, -0.2) is 0 Å². The lowest BCUT2D eigenvalue weighted by atomic mass is 10.1. The monoisotopic (exact) mass is 219 g/mol. The minimum absolute atomic E-state index is 0.0349. The van der Waals surface area contributed by atoms with Crippen molar-refractivity contribution < 1.29 is 0 Å². The summed E-state index contributed by atoms with van der Waals surface area (Å²) >= 11 is 0. The molecule has 2 aromatic rings. The maximum atomic E-state index is 6.11. The van der Waals surface area contributed by atoms with Gasteiger partial charge in [0.2, 0.25) is 0 Å². The standard InChI is InChI=1S/C11H17N5/c1-15-8-9(7-14-15)3-4-10(12)11-5-6-13-16(11)2/h5-8,10H,3-4,12H2,1-2H3. The molecule has 0 aromatic carbocycles. The first kappa shape index (κ1) is 10.9. The average Bonchev–Trinajstić information content (AvgIpc) is 2.84. The molecule has 1 atom stereocenters. The van der Waals surface area contributed by atoms with Gasteiger partial charge in [-0.1, -0.05) is 0 Å². The van der Waals surface area contributed by atoms with E-state index in [-0.39, 0.29) is 6.04 Å². The Labute approximate surface area is 94.9 Å². The van der Waals surface area contributed by atoms with Crippen molar-refractivity contribution in [3.05, 3.63) is 35.9 Å². The zero-order chi connectivity index (χ0) is 11.5. The molecule has 0 aliphatic rings. The van der Waals surface area contributed by atoms with E-state index in [4.69, 9.17) is 5.73 Å². The van der Waals surface area contributed by atoms with Gasteiger partial charge in [0.05, 0.1) is 11.9 Å². The molecule has 2 heterocycles. The largest absolute Gasteiger partial charge is 0.323 e. The van der Waals surface area contributed by atoms with Crippen LogP contribution in [0.3, 0.4) is 0 Å². The van der Waals surface area contributed by atoms with Crippen LogP contribution in [0.5, 0.6) is 0 Å². The topological polar surface area (TPSA) is 61.7 Å². The molecular weight excluding hydrogens is 202 g/mol. The molecule has 0 radical (unpaired) electrons.